The molecule has 4 fully saturated rings. The third-order valence-corrected chi connectivity index (χ3v) is 8.51. The summed E-state index contributed by atoms with van der Waals surface area (Å²) in [5.74, 6) is 0.0509. The molecule has 194 valence electrons. The number of amides is 3. The lowest BCUT2D eigenvalue weighted by Gasteiger charge is -2.28. The number of benzene rings is 1. The number of ether oxygens (including phenoxy) is 1. The van der Waals surface area contributed by atoms with Gasteiger partial charge in [-0.1, -0.05) is 18.0 Å². The largest absolute Gasteiger partial charge is 0.490 e. The summed E-state index contributed by atoms with van der Waals surface area (Å²) in [6.45, 7) is 1.10. The molecule has 2 aromatic rings. The number of halogens is 1. The number of likely N-dealkylation sites (tertiary alicyclic amines) is 1. The minimum atomic E-state index is -0.781. The molecule has 0 spiro atoms. The molecular formula is C27H30ClN5O4. The molecule has 0 radical (unpaired) electrons. The van der Waals surface area contributed by atoms with E-state index in [2.05, 4.69) is 21.7 Å². The average molecular weight is 524 g/mol. The molecule has 1 aromatic carbocycles. The number of hydrogen-bond donors (Lipinski definition) is 3. The number of aromatic amines is 1. The van der Waals surface area contributed by atoms with E-state index < -0.39 is 12.1 Å². The first-order valence-corrected chi connectivity index (χ1v) is 13.6. The highest BCUT2D eigenvalue weighted by Crippen LogP contribution is 2.43. The van der Waals surface area contributed by atoms with Crippen LogP contribution in [0.1, 0.15) is 55.4 Å². The fourth-order valence-corrected chi connectivity index (χ4v) is 6.52. The molecule has 2 saturated carbocycles. The van der Waals surface area contributed by atoms with Crippen molar-refractivity contribution in [2.75, 3.05) is 13.1 Å². The number of carbonyl (C=O) groups excluding carboxylic acids is 3. The van der Waals surface area contributed by atoms with Crippen LogP contribution < -0.4 is 15.4 Å². The molecule has 3 N–H and O–H groups in total. The predicted octanol–water partition coefficient (Wildman–Crippen LogP) is 3.14. The van der Waals surface area contributed by atoms with Gasteiger partial charge in [-0.2, -0.15) is 5.26 Å². The summed E-state index contributed by atoms with van der Waals surface area (Å²) < 4.78 is 6.02. The average Bonchev–Trinajstić information content (AvgIpc) is 3.22. The van der Waals surface area contributed by atoms with Gasteiger partial charge in [0.15, 0.2) is 0 Å². The Morgan fingerprint density at radius 2 is 2.05 bits per heavy atom. The van der Waals surface area contributed by atoms with Gasteiger partial charge < -0.3 is 25.3 Å². The number of carbonyl (C=O) groups is 3. The van der Waals surface area contributed by atoms with E-state index in [0.717, 1.165) is 37.5 Å². The molecule has 4 aliphatic rings. The van der Waals surface area contributed by atoms with Gasteiger partial charge in [-0.3, -0.25) is 14.4 Å². The third-order valence-electron chi connectivity index (χ3n) is 8.29. The van der Waals surface area contributed by atoms with E-state index in [1.165, 1.54) is 0 Å². The highest BCUT2D eigenvalue weighted by atomic mass is 35.5. The molecule has 3 amide bonds. The second-order valence-electron chi connectivity index (χ2n) is 10.8. The summed E-state index contributed by atoms with van der Waals surface area (Å²) in [5.41, 5.74) is 1.10. The van der Waals surface area contributed by atoms with Crippen LogP contribution in [0.3, 0.4) is 0 Å². The van der Waals surface area contributed by atoms with E-state index >= 15 is 0 Å². The van der Waals surface area contributed by atoms with Gasteiger partial charge >= 0.3 is 0 Å². The quantitative estimate of drug-likeness (QED) is 0.513. The Kier molecular flexibility index (Phi) is 6.23. The van der Waals surface area contributed by atoms with Crippen molar-refractivity contribution < 1.29 is 19.1 Å². The zero-order chi connectivity index (χ0) is 25.7. The van der Waals surface area contributed by atoms with Crippen LogP contribution in [0.15, 0.2) is 18.2 Å². The highest BCUT2D eigenvalue weighted by molar-refractivity contribution is 6.31. The van der Waals surface area contributed by atoms with E-state index in [1.807, 2.05) is 0 Å². The van der Waals surface area contributed by atoms with Gasteiger partial charge in [0.25, 0.3) is 5.91 Å². The first-order chi connectivity index (χ1) is 17.9. The molecule has 5 unspecified atom stereocenters. The van der Waals surface area contributed by atoms with Gasteiger partial charge in [0.2, 0.25) is 11.8 Å². The third kappa shape index (κ3) is 4.63. The SMILES string of the molecule is N#CC(CC1CCNC1=O)NC(=O)C1C2CCCC2CN1C(=O)c1cc2c(OC3CC3)cc(Cl)cc2[nH]1. The Balaban J connectivity index is 1.24. The van der Waals surface area contributed by atoms with Crippen molar-refractivity contribution in [2.24, 2.45) is 17.8 Å². The fourth-order valence-electron chi connectivity index (χ4n) is 6.31. The summed E-state index contributed by atoms with van der Waals surface area (Å²) in [7, 11) is 0. The van der Waals surface area contributed by atoms with Crippen LogP contribution in [0.5, 0.6) is 5.75 Å². The molecular weight excluding hydrogens is 494 g/mol. The van der Waals surface area contributed by atoms with Crippen molar-refractivity contribution in [1.82, 2.24) is 20.5 Å². The molecule has 0 bridgehead atoms. The maximum absolute atomic E-state index is 13.8. The first kappa shape index (κ1) is 24.1. The van der Waals surface area contributed by atoms with Crippen molar-refractivity contribution in [2.45, 2.75) is 63.1 Å². The number of hydrogen-bond acceptors (Lipinski definition) is 5. The minimum Gasteiger partial charge on any atom is -0.490 e. The number of rotatable bonds is 7. The lowest BCUT2D eigenvalue weighted by atomic mass is 9.92. The normalized spacial score (nSPS) is 27.6. The number of nitrogens with zero attached hydrogens (tertiary/aromatic N) is 2. The summed E-state index contributed by atoms with van der Waals surface area (Å²) in [4.78, 5) is 44.2. The lowest BCUT2D eigenvalue weighted by molar-refractivity contribution is -0.127. The molecule has 10 heteroatoms. The molecule has 1 aromatic heterocycles. The molecule has 2 aliphatic carbocycles. The Bertz CT molecular complexity index is 1300. The maximum atomic E-state index is 13.8. The van der Waals surface area contributed by atoms with Crippen LogP contribution in [0, 0.1) is 29.1 Å². The van der Waals surface area contributed by atoms with E-state index in [9.17, 15) is 19.6 Å². The van der Waals surface area contributed by atoms with Crippen LogP contribution in [-0.2, 0) is 9.59 Å². The van der Waals surface area contributed by atoms with Gasteiger partial charge in [0.1, 0.15) is 23.5 Å². The molecule has 37 heavy (non-hydrogen) atoms. The number of nitriles is 1. The number of H-pyrrole nitrogens is 1. The second kappa shape index (κ2) is 9.56. The van der Waals surface area contributed by atoms with Crippen molar-refractivity contribution in [1.29, 1.82) is 5.26 Å². The zero-order valence-electron chi connectivity index (χ0n) is 20.5. The van der Waals surface area contributed by atoms with E-state index in [4.69, 9.17) is 16.3 Å². The second-order valence-corrected chi connectivity index (χ2v) is 11.3. The van der Waals surface area contributed by atoms with Crippen LogP contribution >= 0.6 is 11.6 Å². The Morgan fingerprint density at radius 3 is 2.78 bits per heavy atom. The number of fused-ring (bicyclic) bond motifs is 2. The first-order valence-electron chi connectivity index (χ1n) is 13.2. The maximum Gasteiger partial charge on any atom is 0.271 e. The highest BCUT2D eigenvalue weighted by Gasteiger charge is 2.50. The predicted molar refractivity (Wildman–Crippen MR) is 136 cm³/mol. The van der Waals surface area contributed by atoms with Crippen LogP contribution in [-0.4, -0.2) is 58.9 Å². The Morgan fingerprint density at radius 1 is 1.22 bits per heavy atom. The van der Waals surface area contributed by atoms with Crippen molar-refractivity contribution in [3.05, 3.63) is 28.9 Å². The lowest BCUT2D eigenvalue weighted by Crippen LogP contribution is -2.51. The standard InChI is InChI=1S/C27H30ClN5O4/c28-16-9-21-20(23(10-16)37-18-4-5-18)11-22(32-21)27(36)33-13-15-2-1-3-19(15)24(33)26(35)31-17(12-29)8-14-6-7-30-25(14)34/h9-11,14-15,17-19,24,32H,1-8,13H2,(H,30,34)(H,31,35). The van der Waals surface area contributed by atoms with Gasteiger partial charge in [-0.05, 0) is 68.6 Å². The van der Waals surface area contributed by atoms with Gasteiger partial charge in [-0.15, -0.1) is 0 Å². The molecule has 5 atom stereocenters. The summed E-state index contributed by atoms with van der Waals surface area (Å²) in [6.07, 6.45) is 6.00. The van der Waals surface area contributed by atoms with E-state index in [-0.39, 0.29) is 48.0 Å². The van der Waals surface area contributed by atoms with Crippen molar-refractivity contribution >= 4 is 40.2 Å². The van der Waals surface area contributed by atoms with Gasteiger partial charge in [0.05, 0.1) is 17.7 Å². The summed E-state index contributed by atoms with van der Waals surface area (Å²) in [5, 5.41) is 16.6. The molecule has 2 aliphatic heterocycles. The smallest absolute Gasteiger partial charge is 0.271 e. The monoisotopic (exact) mass is 523 g/mol. The summed E-state index contributed by atoms with van der Waals surface area (Å²) in [6, 6.07) is 6.04. The van der Waals surface area contributed by atoms with Crippen LogP contribution in [0.2, 0.25) is 5.02 Å². The topological polar surface area (TPSA) is 127 Å². The Labute approximate surface area is 219 Å². The fraction of sp³-hybridized carbons (Fsp3) is 0.556. The van der Waals surface area contributed by atoms with E-state index in [0.29, 0.717) is 41.5 Å². The molecule has 3 heterocycles. The number of aromatic nitrogens is 1. The van der Waals surface area contributed by atoms with Gasteiger partial charge in [0, 0.05) is 29.4 Å². The molecule has 2 saturated heterocycles. The van der Waals surface area contributed by atoms with Crippen molar-refractivity contribution in [3.63, 3.8) is 0 Å². The van der Waals surface area contributed by atoms with Gasteiger partial charge in [-0.25, -0.2) is 0 Å². The van der Waals surface area contributed by atoms with Crippen molar-refractivity contribution in [3.8, 4) is 11.8 Å². The molecule has 9 nitrogen and oxygen atoms in total. The number of nitrogens with one attached hydrogen (secondary N) is 3. The van der Waals surface area contributed by atoms with Crippen LogP contribution in [0.4, 0.5) is 0 Å². The van der Waals surface area contributed by atoms with E-state index in [1.54, 1.807) is 23.1 Å². The van der Waals surface area contributed by atoms with Crippen LogP contribution in [0.25, 0.3) is 10.9 Å². The Hall–Kier alpha value is -3.25. The minimum absolute atomic E-state index is 0.0608. The zero-order valence-corrected chi connectivity index (χ0v) is 21.2. The molecule has 6 rings (SSSR count). The summed E-state index contributed by atoms with van der Waals surface area (Å²) >= 11 is 6.31.